The molecule has 0 aromatic heterocycles. The molecule has 0 bridgehead atoms. The summed E-state index contributed by atoms with van der Waals surface area (Å²) in [6, 6.07) is 0. The molecule has 0 amide bonds. The van der Waals surface area contributed by atoms with Crippen LogP contribution in [0.3, 0.4) is 0 Å². The van der Waals surface area contributed by atoms with Crippen molar-refractivity contribution in [3.05, 3.63) is 0 Å². The number of aliphatic hydroxyl groups is 3. The highest BCUT2D eigenvalue weighted by Gasteiger charge is 2.46. The number of carbonyl (C=O) groups is 2. The van der Waals surface area contributed by atoms with Crippen molar-refractivity contribution >= 4 is 11.9 Å². The van der Waals surface area contributed by atoms with E-state index >= 15 is 0 Å². The largest absolute Gasteiger partial charge is 0.463 e. The topological polar surface area (TPSA) is 123 Å². The minimum atomic E-state index is -1.60. The molecule has 5 atom stereocenters. The van der Waals surface area contributed by atoms with E-state index in [9.17, 15) is 24.9 Å². The van der Waals surface area contributed by atoms with Crippen molar-refractivity contribution in [2.24, 2.45) is 0 Å². The van der Waals surface area contributed by atoms with Gasteiger partial charge in [0.25, 0.3) is 0 Å². The fourth-order valence-corrected chi connectivity index (χ4v) is 1.58. The van der Waals surface area contributed by atoms with E-state index in [0.29, 0.717) is 0 Å². The van der Waals surface area contributed by atoms with E-state index < -0.39 is 42.6 Å². The summed E-state index contributed by atoms with van der Waals surface area (Å²) in [6.45, 7) is 1.94. The average molecular weight is 264 g/mol. The van der Waals surface area contributed by atoms with Gasteiger partial charge in [0.1, 0.15) is 24.9 Å². The lowest BCUT2D eigenvalue weighted by atomic mass is 9.99. The molecule has 1 fully saturated rings. The van der Waals surface area contributed by atoms with Crippen LogP contribution < -0.4 is 0 Å². The zero-order valence-electron chi connectivity index (χ0n) is 9.98. The second kappa shape index (κ2) is 6.10. The van der Waals surface area contributed by atoms with Gasteiger partial charge in [0.15, 0.2) is 12.4 Å². The number of hydrogen-bond acceptors (Lipinski definition) is 8. The lowest BCUT2D eigenvalue weighted by Gasteiger charge is -2.39. The molecule has 1 rings (SSSR count). The van der Waals surface area contributed by atoms with Crippen LogP contribution in [-0.4, -0.2) is 64.6 Å². The first-order valence-corrected chi connectivity index (χ1v) is 5.33. The van der Waals surface area contributed by atoms with E-state index in [2.05, 4.69) is 9.47 Å². The molecule has 0 spiro atoms. The Balaban J connectivity index is 2.64. The molecule has 104 valence electrons. The smallest absolute Gasteiger partial charge is 0.303 e. The maximum Gasteiger partial charge on any atom is 0.303 e. The molecule has 0 aliphatic carbocycles. The Kier molecular flexibility index (Phi) is 5.03. The highest BCUT2D eigenvalue weighted by molar-refractivity contribution is 5.66. The first-order chi connectivity index (χ1) is 8.32. The van der Waals surface area contributed by atoms with Crippen LogP contribution in [0.2, 0.25) is 0 Å². The third-order valence-corrected chi connectivity index (χ3v) is 2.42. The minimum Gasteiger partial charge on any atom is -0.463 e. The molecule has 0 saturated carbocycles. The highest BCUT2D eigenvalue weighted by atomic mass is 16.7. The van der Waals surface area contributed by atoms with Crippen molar-refractivity contribution in [1.82, 2.24) is 0 Å². The van der Waals surface area contributed by atoms with Crippen molar-refractivity contribution in [1.29, 1.82) is 0 Å². The van der Waals surface area contributed by atoms with Gasteiger partial charge in [-0.05, 0) is 0 Å². The molecule has 0 radical (unpaired) electrons. The quantitative estimate of drug-likeness (QED) is 0.496. The molecule has 5 unspecified atom stereocenters. The van der Waals surface area contributed by atoms with Crippen LogP contribution in [0.15, 0.2) is 0 Å². The van der Waals surface area contributed by atoms with Gasteiger partial charge < -0.3 is 29.5 Å². The molecule has 18 heavy (non-hydrogen) atoms. The van der Waals surface area contributed by atoms with Gasteiger partial charge in [0.05, 0.1) is 0 Å². The van der Waals surface area contributed by atoms with Crippen LogP contribution >= 0.6 is 0 Å². The maximum atomic E-state index is 10.8. The van der Waals surface area contributed by atoms with E-state index in [0.717, 1.165) is 6.92 Å². The van der Waals surface area contributed by atoms with Crippen molar-refractivity contribution in [2.75, 3.05) is 6.61 Å². The van der Waals surface area contributed by atoms with Gasteiger partial charge in [-0.2, -0.15) is 0 Å². The lowest BCUT2D eigenvalue weighted by Crippen LogP contribution is -2.59. The first-order valence-electron chi connectivity index (χ1n) is 5.33. The van der Waals surface area contributed by atoms with Crippen LogP contribution in [-0.2, 0) is 23.8 Å². The summed E-state index contributed by atoms with van der Waals surface area (Å²) in [5, 5.41) is 28.9. The van der Waals surface area contributed by atoms with Crippen LogP contribution in [0, 0.1) is 0 Å². The van der Waals surface area contributed by atoms with Gasteiger partial charge in [-0.3, -0.25) is 9.59 Å². The Bertz CT molecular complexity index is 315. The van der Waals surface area contributed by atoms with E-state index in [1.165, 1.54) is 6.92 Å². The molecule has 8 heteroatoms. The normalized spacial score (nSPS) is 35.9. The number of hydrogen-bond donors (Lipinski definition) is 3. The Labute approximate surface area is 103 Å². The zero-order valence-corrected chi connectivity index (χ0v) is 9.98. The molecular weight excluding hydrogens is 248 g/mol. The Morgan fingerprint density at radius 1 is 1.11 bits per heavy atom. The van der Waals surface area contributed by atoms with Gasteiger partial charge >= 0.3 is 11.9 Å². The van der Waals surface area contributed by atoms with Gasteiger partial charge in [-0.1, -0.05) is 0 Å². The van der Waals surface area contributed by atoms with Gasteiger partial charge in [0, 0.05) is 13.8 Å². The Morgan fingerprint density at radius 3 is 2.22 bits per heavy atom. The fraction of sp³-hybridized carbons (Fsp3) is 0.800. The molecule has 1 heterocycles. The predicted molar refractivity (Wildman–Crippen MR) is 55.1 cm³/mol. The Morgan fingerprint density at radius 2 is 1.72 bits per heavy atom. The second-order valence-corrected chi connectivity index (χ2v) is 3.92. The summed E-state index contributed by atoms with van der Waals surface area (Å²) in [5.74, 6) is -1.32. The zero-order chi connectivity index (χ0) is 13.9. The number of carbonyl (C=O) groups excluding carboxylic acids is 2. The summed E-state index contributed by atoms with van der Waals surface area (Å²) >= 11 is 0. The summed E-state index contributed by atoms with van der Waals surface area (Å²) in [4.78, 5) is 21.4. The summed E-state index contributed by atoms with van der Waals surface area (Å²) < 4.78 is 14.2. The number of rotatable bonds is 3. The molecule has 8 nitrogen and oxygen atoms in total. The second-order valence-electron chi connectivity index (χ2n) is 3.92. The molecular formula is C10H16O8. The number of aliphatic hydroxyl groups excluding tert-OH is 3. The standard InChI is InChI=1S/C10H16O8/c1-4(11)16-3-6-7(13)8(14)9(10(15)18-6)17-5(2)12/h6-10,13-15H,3H2,1-2H3. The summed E-state index contributed by atoms with van der Waals surface area (Å²) in [5.41, 5.74) is 0. The first kappa shape index (κ1) is 14.8. The monoisotopic (exact) mass is 264 g/mol. The maximum absolute atomic E-state index is 10.8. The van der Waals surface area contributed by atoms with E-state index in [1.54, 1.807) is 0 Å². The van der Waals surface area contributed by atoms with E-state index in [-0.39, 0.29) is 6.61 Å². The van der Waals surface area contributed by atoms with Gasteiger partial charge in [-0.25, -0.2) is 0 Å². The van der Waals surface area contributed by atoms with Crippen molar-refractivity contribution < 1.29 is 39.1 Å². The van der Waals surface area contributed by atoms with Crippen molar-refractivity contribution in [3.63, 3.8) is 0 Å². The van der Waals surface area contributed by atoms with E-state index in [4.69, 9.17) is 4.74 Å². The molecule has 1 aliphatic rings. The fourth-order valence-electron chi connectivity index (χ4n) is 1.58. The molecule has 3 N–H and O–H groups in total. The van der Waals surface area contributed by atoms with Crippen LogP contribution in [0.25, 0.3) is 0 Å². The minimum absolute atomic E-state index is 0.322. The van der Waals surface area contributed by atoms with Crippen LogP contribution in [0.5, 0.6) is 0 Å². The number of ether oxygens (including phenoxy) is 3. The predicted octanol–water partition coefficient (Wildman–Crippen LogP) is -2.08. The molecule has 0 aromatic carbocycles. The van der Waals surface area contributed by atoms with Crippen molar-refractivity contribution in [2.45, 2.75) is 44.6 Å². The van der Waals surface area contributed by atoms with Gasteiger partial charge in [-0.15, -0.1) is 0 Å². The summed E-state index contributed by atoms with van der Waals surface area (Å²) in [7, 11) is 0. The van der Waals surface area contributed by atoms with Crippen LogP contribution in [0.1, 0.15) is 13.8 Å². The molecule has 1 aliphatic heterocycles. The Hall–Kier alpha value is -1.22. The average Bonchev–Trinajstić information content (AvgIpc) is 2.27. The molecule has 0 aromatic rings. The number of esters is 2. The molecule has 1 saturated heterocycles. The van der Waals surface area contributed by atoms with Crippen LogP contribution in [0.4, 0.5) is 0 Å². The lowest BCUT2D eigenvalue weighted by molar-refractivity contribution is -0.291. The third kappa shape index (κ3) is 3.64. The van der Waals surface area contributed by atoms with E-state index in [1.807, 2.05) is 0 Å². The van der Waals surface area contributed by atoms with Crippen molar-refractivity contribution in [3.8, 4) is 0 Å². The third-order valence-electron chi connectivity index (χ3n) is 2.42. The SMILES string of the molecule is CC(=O)OCC1OC(O)C(OC(C)=O)C(O)C1O. The van der Waals surface area contributed by atoms with Gasteiger partial charge in [0.2, 0.25) is 0 Å². The highest BCUT2D eigenvalue weighted by Crippen LogP contribution is 2.22. The summed E-state index contributed by atoms with van der Waals surface area (Å²) in [6.07, 6.45) is -7.06.